The van der Waals surface area contributed by atoms with Crippen molar-refractivity contribution in [2.45, 2.75) is 52.6 Å². The number of carbonyl (C=O) groups is 1. The molecule has 0 unspecified atom stereocenters. The van der Waals surface area contributed by atoms with Crippen LogP contribution < -0.4 is 16.0 Å². The number of hydrogen-bond acceptors (Lipinski definition) is 5. The number of ether oxygens (including phenoxy) is 1. The van der Waals surface area contributed by atoms with Gasteiger partial charge < -0.3 is 9.64 Å². The van der Waals surface area contributed by atoms with E-state index in [4.69, 9.17) is 4.74 Å². The monoisotopic (exact) mass is 436 g/mol. The Kier molecular flexibility index (Phi) is 5.86. The van der Waals surface area contributed by atoms with Crippen molar-refractivity contribution in [3.8, 4) is 11.4 Å². The summed E-state index contributed by atoms with van der Waals surface area (Å²) in [7, 11) is 1.52. The van der Waals surface area contributed by atoms with Gasteiger partial charge in [0.15, 0.2) is 5.65 Å². The Morgan fingerprint density at radius 1 is 1.19 bits per heavy atom. The molecule has 0 saturated carbocycles. The fourth-order valence-electron chi connectivity index (χ4n) is 4.54. The molecule has 0 bridgehead atoms. The molecule has 1 saturated heterocycles. The number of methoxy groups -OCH3 is 1. The molecule has 1 aliphatic rings. The standard InChI is InChI=1S/C24H28N4O4/c1-15-13-16(2)25-22-21(15)23(30)27(14-20(29)26-12-8-7-9-17(26)3)24(31)28(22)18-10-5-6-11-19(18)32-4/h5-6,10-11,13,17H,7-9,12,14H2,1-4H3/t17-/m0/s1. The molecule has 3 aromatic rings. The third-order valence-corrected chi connectivity index (χ3v) is 6.16. The molecule has 0 radical (unpaired) electrons. The van der Waals surface area contributed by atoms with Crippen LogP contribution >= 0.6 is 0 Å². The van der Waals surface area contributed by atoms with E-state index in [0.717, 1.165) is 23.8 Å². The third kappa shape index (κ3) is 3.70. The second-order valence-corrected chi connectivity index (χ2v) is 8.39. The maximum absolute atomic E-state index is 13.7. The first-order chi connectivity index (χ1) is 15.3. The Morgan fingerprint density at radius 3 is 2.66 bits per heavy atom. The maximum Gasteiger partial charge on any atom is 0.337 e. The van der Waals surface area contributed by atoms with Crippen LogP contribution in [0.1, 0.15) is 37.4 Å². The van der Waals surface area contributed by atoms with Crippen LogP contribution in [0.5, 0.6) is 5.75 Å². The molecule has 32 heavy (non-hydrogen) atoms. The van der Waals surface area contributed by atoms with Crippen LogP contribution in [0.4, 0.5) is 0 Å². The number of fused-ring (bicyclic) bond motifs is 1. The summed E-state index contributed by atoms with van der Waals surface area (Å²) in [5.74, 6) is 0.248. The van der Waals surface area contributed by atoms with Crippen molar-refractivity contribution >= 4 is 16.9 Å². The van der Waals surface area contributed by atoms with E-state index >= 15 is 0 Å². The minimum absolute atomic E-state index is 0.0925. The molecular formula is C24H28N4O4. The summed E-state index contributed by atoms with van der Waals surface area (Å²) < 4.78 is 7.88. The summed E-state index contributed by atoms with van der Waals surface area (Å²) in [6.45, 7) is 5.97. The largest absolute Gasteiger partial charge is 0.495 e. The fraction of sp³-hybridized carbons (Fsp3) is 0.417. The second-order valence-electron chi connectivity index (χ2n) is 8.39. The summed E-state index contributed by atoms with van der Waals surface area (Å²) in [4.78, 5) is 46.5. The number of piperidine rings is 1. The normalized spacial score (nSPS) is 16.4. The van der Waals surface area contributed by atoms with Gasteiger partial charge in [0.1, 0.15) is 12.3 Å². The predicted molar refractivity (Wildman–Crippen MR) is 123 cm³/mol. The van der Waals surface area contributed by atoms with Crippen molar-refractivity contribution in [1.82, 2.24) is 19.0 Å². The molecule has 2 aromatic heterocycles. The van der Waals surface area contributed by atoms with Crippen molar-refractivity contribution < 1.29 is 9.53 Å². The van der Waals surface area contributed by atoms with Gasteiger partial charge in [-0.1, -0.05) is 12.1 Å². The summed E-state index contributed by atoms with van der Waals surface area (Å²) in [5, 5.41) is 0.320. The number of carbonyl (C=O) groups excluding carboxylic acids is 1. The zero-order valence-electron chi connectivity index (χ0n) is 18.9. The molecule has 1 atom stereocenters. The van der Waals surface area contributed by atoms with E-state index in [0.29, 0.717) is 34.6 Å². The van der Waals surface area contributed by atoms with Crippen LogP contribution in [0.2, 0.25) is 0 Å². The van der Waals surface area contributed by atoms with E-state index in [9.17, 15) is 14.4 Å². The highest BCUT2D eigenvalue weighted by atomic mass is 16.5. The van der Waals surface area contributed by atoms with E-state index in [1.54, 1.807) is 35.2 Å². The highest BCUT2D eigenvalue weighted by Gasteiger charge is 2.26. The summed E-state index contributed by atoms with van der Waals surface area (Å²) in [5.41, 5.74) is 1.01. The summed E-state index contributed by atoms with van der Waals surface area (Å²) in [6.07, 6.45) is 2.92. The first-order valence-corrected chi connectivity index (χ1v) is 10.9. The van der Waals surface area contributed by atoms with E-state index in [1.165, 1.54) is 11.7 Å². The molecule has 3 heterocycles. The SMILES string of the molecule is COc1ccccc1-n1c(=O)n(CC(=O)N2CCCC[C@@H]2C)c(=O)c2c(C)cc(C)nc21. The smallest absolute Gasteiger partial charge is 0.337 e. The maximum atomic E-state index is 13.7. The van der Waals surface area contributed by atoms with Gasteiger partial charge in [0.25, 0.3) is 5.56 Å². The van der Waals surface area contributed by atoms with Crippen molar-refractivity contribution in [2.24, 2.45) is 0 Å². The van der Waals surface area contributed by atoms with E-state index < -0.39 is 11.2 Å². The zero-order valence-corrected chi connectivity index (χ0v) is 18.9. The second kappa shape index (κ2) is 8.61. The molecule has 1 fully saturated rings. The van der Waals surface area contributed by atoms with Gasteiger partial charge in [0.05, 0.1) is 18.2 Å². The molecule has 0 spiro atoms. The minimum atomic E-state index is -0.609. The van der Waals surface area contributed by atoms with Crippen LogP contribution in [-0.4, -0.2) is 44.6 Å². The average Bonchev–Trinajstić information content (AvgIpc) is 2.76. The number of likely N-dealkylation sites (tertiary alicyclic amines) is 1. The number of nitrogens with zero attached hydrogens (tertiary/aromatic N) is 4. The molecule has 0 aliphatic carbocycles. The topological polar surface area (TPSA) is 86.4 Å². The van der Waals surface area contributed by atoms with Crippen molar-refractivity contribution in [3.05, 3.63) is 62.4 Å². The Morgan fingerprint density at radius 2 is 1.94 bits per heavy atom. The molecule has 1 aliphatic heterocycles. The Hall–Kier alpha value is -3.42. The number of hydrogen-bond donors (Lipinski definition) is 0. The number of para-hydroxylation sites is 2. The lowest BCUT2D eigenvalue weighted by molar-refractivity contribution is -0.135. The molecule has 1 aromatic carbocycles. The van der Waals surface area contributed by atoms with Crippen LogP contribution in [0.15, 0.2) is 39.9 Å². The third-order valence-electron chi connectivity index (χ3n) is 6.16. The first-order valence-electron chi connectivity index (χ1n) is 10.9. The van der Waals surface area contributed by atoms with Gasteiger partial charge in [0.2, 0.25) is 5.91 Å². The van der Waals surface area contributed by atoms with E-state index in [1.807, 2.05) is 20.8 Å². The molecule has 8 heteroatoms. The summed E-state index contributed by atoms with van der Waals surface area (Å²) in [6, 6.07) is 8.97. The molecule has 4 rings (SSSR count). The van der Waals surface area contributed by atoms with E-state index in [-0.39, 0.29) is 24.1 Å². The van der Waals surface area contributed by atoms with Gasteiger partial charge in [-0.05, 0) is 63.8 Å². The molecular weight excluding hydrogens is 408 g/mol. The Balaban J connectivity index is 1.98. The number of benzene rings is 1. The molecule has 1 amide bonds. The van der Waals surface area contributed by atoms with Crippen molar-refractivity contribution in [2.75, 3.05) is 13.7 Å². The number of amides is 1. The zero-order chi connectivity index (χ0) is 23.0. The van der Waals surface area contributed by atoms with E-state index in [2.05, 4.69) is 4.98 Å². The van der Waals surface area contributed by atoms with Crippen LogP contribution in [0.3, 0.4) is 0 Å². The van der Waals surface area contributed by atoms with Gasteiger partial charge >= 0.3 is 5.69 Å². The number of aromatic nitrogens is 3. The van der Waals surface area contributed by atoms with Crippen LogP contribution in [0, 0.1) is 13.8 Å². The van der Waals surface area contributed by atoms with Gasteiger partial charge in [0, 0.05) is 18.3 Å². The van der Waals surface area contributed by atoms with Crippen LogP contribution in [-0.2, 0) is 11.3 Å². The lowest BCUT2D eigenvalue weighted by atomic mass is 10.0. The average molecular weight is 437 g/mol. The number of pyridine rings is 1. The quantitative estimate of drug-likeness (QED) is 0.627. The first kappa shape index (κ1) is 21.8. The predicted octanol–water partition coefficient (Wildman–Crippen LogP) is 2.57. The minimum Gasteiger partial charge on any atom is -0.495 e. The summed E-state index contributed by atoms with van der Waals surface area (Å²) >= 11 is 0. The fourth-order valence-corrected chi connectivity index (χ4v) is 4.54. The van der Waals surface area contributed by atoms with Crippen molar-refractivity contribution in [1.29, 1.82) is 0 Å². The van der Waals surface area contributed by atoms with Gasteiger partial charge in [-0.3, -0.25) is 9.59 Å². The van der Waals surface area contributed by atoms with Crippen LogP contribution in [0.25, 0.3) is 16.7 Å². The molecule has 168 valence electrons. The number of aryl methyl sites for hydroxylation is 2. The molecule has 0 N–H and O–H groups in total. The van der Waals surface area contributed by atoms with Gasteiger partial charge in [-0.2, -0.15) is 0 Å². The molecule has 8 nitrogen and oxygen atoms in total. The lowest BCUT2D eigenvalue weighted by Gasteiger charge is -2.33. The van der Waals surface area contributed by atoms with Gasteiger partial charge in [-0.15, -0.1) is 0 Å². The van der Waals surface area contributed by atoms with Crippen molar-refractivity contribution in [3.63, 3.8) is 0 Å². The number of rotatable bonds is 4. The Bertz CT molecular complexity index is 1310. The highest BCUT2D eigenvalue weighted by Crippen LogP contribution is 2.24. The highest BCUT2D eigenvalue weighted by molar-refractivity contribution is 5.81. The lowest BCUT2D eigenvalue weighted by Crippen LogP contribution is -2.48. The van der Waals surface area contributed by atoms with Gasteiger partial charge in [-0.25, -0.2) is 18.9 Å². The Labute approximate surface area is 186 Å².